The SMILES string of the molecule is CC1(CC(c2ccccc2)(c2ccccc2)c2ccccc2)CCCCO1. The first-order valence-corrected chi connectivity index (χ1v) is 10.0. The molecule has 0 aromatic heterocycles. The summed E-state index contributed by atoms with van der Waals surface area (Å²) in [5.41, 5.74) is 3.64. The zero-order valence-corrected chi connectivity index (χ0v) is 16.1. The summed E-state index contributed by atoms with van der Waals surface area (Å²) in [4.78, 5) is 0. The summed E-state index contributed by atoms with van der Waals surface area (Å²) < 4.78 is 6.39. The van der Waals surface area contributed by atoms with Crippen LogP contribution in [-0.2, 0) is 10.2 Å². The minimum absolute atomic E-state index is 0.125. The molecule has 1 saturated heterocycles. The molecule has 1 atom stereocenters. The molecule has 1 heterocycles. The number of hydrogen-bond donors (Lipinski definition) is 0. The van der Waals surface area contributed by atoms with Gasteiger partial charge in [0.05, 0.1) is 5.60 Å². The van der Waals surface area contributed by atoms with Gasteiger partial charge in [0.25, 0.3) is 0 Å². The van der Waals surface area contributed by atoms with Crippen LogP contribution in [0.2, 0.25) is 0 Å². The lowest BCUT2D eigenvalue weighted by molar-refractivity contribution is -0.0773. The molecule has 1 aliphatic rings. The molecular formula is C26H28O. The van der Waals surface area contributed by atoms with Crippen molar-refractivity contribution in [2.24, 2.45) is 0 Å². The lowest BCUT2D eigenvalue weighted by Crippen LogP contribution is -2.43. The van der Waals surface area contributed by atoms with Crippen LogP contribution >= 0.6 is 0 Å². The second-order valence-corrected chi connectivity index (χ2v) is 7.94. The second kappa shape index (κ2) is 7.70. The predicted octanol–water partition coefficient (Wildman–Crippen LogP) is 6.37. The van der Waals surface area contributed by atoms with Gasteiger partial charge < -0.3 is 4.74 Å². The summed E-state index contributed by atoms with van der Waals surface area (Å²) in [6, 6.07) is 32.8. The molecule has 3 aromatic rings. The molecule has 0 amide bonds. The molecule has 1 aliphatic heterocycles. The standard InChI is InChI=1S/C26H28O/c1-25(19-11-12-20-27-25)21-26(22-13-5-2-6-14-22,23-15-7-3-8-16-23)24-17-9-4-10-18-24/h2-10,13-18H,11-12,19-21H2,1H3. The smallest absolute Gasteiger partial charge is 0.0669 e. The highest BCUT2D eigenvalue weighted by atomic mass is 16.5. The Balaban J connectivity index is 1.94. The number of hydrogen-bond acceptors (Lipinski definition) is 1. The van der Waals surface area contributed by atoms with E-state index in [2.05, 4.69) is 97.9 Å². The normalized spacial score (nSPS) is 20.3. The first-order valence-electron chi connectivity index (χ1n) is 10.0. The zero-order valence-electron chi connectivity index (χ0n) is 16.1. The van der Waals surface area contributed by atoms with E-state index >= 15 is 0 Å². The highest BCUT2D eigenvalue weighted by molar-refractivity contribution is 5.50. The average molecular weight is 357 g/mol. The van der Waals surface area contributed by atoms with Gasteiger partial charge in [-0.2, -0.15) is 0 Å². The fourth-order valence-electron chi connectivity index (χ4n) is 4.67. The quantitative estimate of drug-likeness (QED) is 0.483. The summed E-state index contributed by atoms with van der Waals surface area (Å²) >= 11 is 0. The molecule has 0 N–H and O–H groups in total. The Bertz CT molecular complexity index is 736. The largest absolute Gasteiger partial charge is 0.375 e. The van der Waals surface area contributed by atoms with Gasteiger partial charge in [-0.15, -0.1) is 0 Å². The van der Waals surface area contributed by atoms with Crippen molar-refractivity contribution in [3.8, 4) is 0 Å². The Kier molecular flexibility index (Phi) is 5.13. The zero-order chi connectivity index (χ0) is 18.6. The minimum Gasteiger partial charge on any atom is -0.375 e. The van der Waals surface area contributed by atoms with Gasteiger partial charge in [-0.1, -0.05) is 91.0 Å². The molecule has 0 saturated carbocycles. The van der Waals surface area contributed by atoms with E-state index in [4.69, 9.17) is 4.74 Å². The first-order chi connectivity index (χ1) is 13.2. The minimum atomic E-state index is -0.226. The van der Waals surface area contributed by atoms with E-state index in [-0.39, 0.29) is 11.0 Å². The van der Waals surface area contributed by atoms with E-state index in [1.807, 2.05) is 0 Å². The fraction of sp³-hybridized carbons (Fsp3) is 0.308. The summed E-state index contributed by atoms with van der Waals surface area (Å²) in [5.74, 6) is 0. The van der Waals surface area contributed by atoms with Crippen molar-refractivity contribution in [2.75, 3.05) is 6.61 Å². The predicted molar refractivity (Wildman–Crippen MR) is 112 cm³/mol. The van der Waals surface area contributed by atoms with Crippen LogP contribution in [0, 0.1) is 0 Å². The molecule has 0 radical (unpaired) electrons. The third-order valence-corrected chi connectivity index (χ3v) is 5.99. The van der Waals surface area contributed by atoms with Crippen LogP contribution in [-0.4, -0.2) is 12.2 Å². The molecule has 3 aromatic carbocycles. The summed E-state index contributed by atoms with van der Waals surface area (Å²) in [6.45, 7) is 3.17. The van der Waals surface area contributed by atoms with Crippen molar-refractivity contribution >= 4 is 0 Å². The molecule has 138 valence electrons. The van der Waals surface area contributed by atoms with Gasteiger partial charge >= 0.3 is 0 Å². The summed E-state index contributed by atoms with van der Waals surface area (Å²) in [6.07, 6.45) is 4.47. The van der Waals surface area contributed by atoms with Gasteiger partial charge in [-0.25, -0.2) is 0 Å². The van der Waals surface area contributed by atoms with Crippen LogP contribution < -0.4 is 0 Å². The van der Waals surface area contributed by atoms with Crippen molar-refractivity contribution in [1.82, 2.24) is 0 Å². The molecule has 0 aliphatic carbocycles. The number of rotatable bonds is 5. The van der Waals surface area contributed by atoms with Crippen molar-refractivity contribution < 1.29 is 4.74 Å². The summed E-state index contributed by atoms with van der Waals surface area (Å²) in [7, 11) is 0. The average Bonchev–Trinajstić information content (AvgIpc) is 2.74. The lowest BCUT2D eigenvalue weighted by atomic mass is 9.63. The third kappa shape index (κ3) is 3.57. The first kappa shape index (κ1) is 18.0. The maximum Gasteiger partial charge on any atom is 0.0669 e. The lowest BCUT2D eigenvalue weighted by Gasteiger charge is -2.44. The van der Waals surface area contributed by atoms with Gasteiger partial charge in [0.2, 0.25) is 0 Å². The number of benzene rings is 3. The Morgan fingerprint density at radius 3 is 1.52 bits per heavy atom. The Labute approximate surface area is 163 Å². The van der Waals surface area contributed by atoms with Crippen LogP contribution in [0.4, 0.5) is 0 Å². The summed E-state index contributed by atoms with van der Waals surface area (Å²) in [5, 5.41) is 0. The van der Waals surface area contributed by atoms with Crippen LogP contribution in [0.5, 0.6) is 0 Å². The van der Waals surface area contributed by atoms with Crippen molar-refractivity contribution in [2.45, 2.75) is 43.6 Å². The van der Waals surface area contributed by atoms with Gasteiger partial charge in [0.1, 0.15) is 0 Å². The highest BCUT2D eigenvalue weighted by Crippen LogP contribution is 2.47. The van der Waals surface area contributed by atoms with Crippen molar-refractivity contribution in [1.29, 1.82) is 0 Å². The van der Waals surface area contributed by atoms with E-state index in [1.165, 1.54) is 29.5 Å². The van der Waals surface area contributed by atoms with Crippen molar-refractivity contribution in [3.05, 3.63) is 108 Å². The molecule has 1 nitrogen and oxygen atoms in total. The monoisotopic (exact) mass is 356 g/mol. The van der Waals surface area contributed by atoms with E-state index in [1.54, 1.807) is 0 Å². The topological polar surface area (TPSA) is 9.23 Å². The molecule has 27 heavy (non-hydrogen) atoms. The molecule has 1 unspecified atom stereocenters. The van der Waals surface area contributed by atoms with Crippen LogP contribution in [0.3, 0.4) is 0 Å². The van der Waals surface area contributed by atoms with Gasteiger partial charge in [0.15, 0.2) is 0 Å². The van der Waals surface area contributed by atoms with Crippen LogP contribution in [0.15, 0.2) is 91.0 Å². The Hall–Kier alpha value is -2.38. The molecule has 0 spiro atoms. The maximum absolute atomic E-state index is 6.39. The van der Waals surface area contributed by atoms with Crippen LogP contribution in [0.1, 0.15) is 49.3 Å². The van der Waals surface area contributed by atoms with Crippen molar-refractivity contribution in [3.63, 3.8) is 0 Å². The van der Waals surface area contributed by atoms with Crippen LogP contribution in [0.25, 0.3) is 0 Å². The fourth-order valence-corrected chi connectivity index (χ4v) is 4.67. The molecular weight excluding hydrogens is 328 g/mol. The third-order valence-electron chi connectivity index (χ3n) is 5.99. The van der Waals surface area contributed by atoms with E-state index < -0.39 is 0 Å². The van der Waals surface area contributed by atoms with Gasteiger partial charge in [-0.3, -0.25) is 0 Å². The molecule has 1 fully saturated rings. The van der Waals surface area contributed by atoms with Gasteiger partial charge in [-0.05, 0) is 49.3 Å². The Morgan fingerprint density at radius 2 is 1.15 bits per heavy atom. The van der Waals surface area contributed by atoms with E-state index in [0.29, 0.717) is 0 Å². The molecule has 1 heteroatoms. The molecule has 0 bridgehead atoms. The maximum atomic E-state index is 6.39. The highest BCUT2D eigenvalue weighted by Gasteiger charge is 2.43. The van der Waals surface area contributed by atoms with E-state index in [0.717, 1.165) is 19.4 Å². The molecule has 4 rings (SSSR count). The number of ether oxygens (including phenoxy) is 1. The second-order valence-electron chi connectivity index (χ2n) is 7.94. The van der Waals surface area contributed by atoms with E-state index in [9.17, 15) is 0 Å². The van der Waals surface area contributed by atoms with Gasteiger partial charge in [0, 0.05) is 12.0 Å². The Morgan fingerprint density at radius 1 is 0.704 bits per heavy atom.